The minimum absolute atomic E-state index is 0.794. The van der Waals surface area contributed by atoms with E-state index in [4.69, 9.17) is 4.74 Å². The predicted molar refractivity (Wildman–Crippen MR) is 57.9 cm³/mol. The SMILES string of the molecule is COc1cc2cccnc2c2cn[nH]c12. The van der Waals surface area contributed by atoms with Gasteiger partial charge in [0.05, 0.1) is 18.8 Å². The van der Waals surface area contributed by atoms with Gasteiger partial charge in [-0.3, -0.25) is 10.1 Å². The number of methoxy groups -OCH3 is 1. The first-order valence-corrected chi connectivity index (χ1v) is 4.65. The van der Waals surface area contributed by atoms with Crippen molar-refractivity contribution >= 4 is 21.8 Å². The third-order valence-corrected chi connectivity index (χ3v) is 2.49. The van der Waals surface area contributed by atoms with Gasteiger partial charge in [-0.15, -0.1) is 0 Å². The summed E-state index contributed by atoms with van der Waals surface area (Å²) in [6.07, 6.45) is 3.55. The van der Waals surface area contributed by atoms with Crippen molar-refractivity contribution in [3.8, 4) is 5.75 Å². The third-order valence-electron chi connectivity index (χ3n) is 2.49. The Labute approximate surface area is 85.9 Å². The Hall–Kier alpha value is -2.10. The van der Waals surface area contributed by atoms with Crippen molar-refractivity contribution in [2.75, 3.05) is 7.11 Å². The molecule has 3 aromatic rings. The summed E-state index contributed by atoms with van der Waals surface area (Å²) >= 11 is 0. The number of nitrogens with zero attached hydrogens (tertiary/aromatic N) is 2. The first-order valence-electron chi connectivity index (χ1n) is 4.65. The highest BCUT2D eigenvalue weighted by Crippen LogP contribution is 2.30. The number of nitrogens with one attached hydrogen (secondary N) is 1. The summed E-state index contributed by atoms with van der Waals surface area (Å²) in [5, 5.41) is 8.98. The number of ether oxygens (including phenoxy) is 1. The molecule has 2 heterocycles. The fraction of sp³-hybridized carbons (Fsp3) is 0.0909. The largest absolute Gasteiger partial charge is 0.494 e. The van der Waals surface area contributed by atoms with E-state index in [1.54, 1.807) is 19.5 Å². The van der Waals surface area contributed by atoms with Crippen LogP contribution in [0.25, 0.3) is 21.8 Å². The summed E-state index contributed by atoms with van der Waals surface area (Å²) in [7, 11) is 1.65. The zero-order chi connectivity index (χ0) is 10.3. The lowest BCUT2D eigenvalue weighted by atomic mass is 10.1. The molecule has 4 heteroatoms. The normalized spacial score (nSPS) is 11.0. The monoisotopic (exact) mass is 199 g/mol. The summed E-state index contributed by atoms with van der Waals surface area (Å²) in [4.78, 5) is 4.34. The van der Waals surface area contributed by atoms with Crippen LogP contribution in [0.5, 0.6) is 5.75 Å². The second-order valence-corrected chi connectivity index (χ2v) is 3.31. The van der Waals surface area contributed by atoms with Crippen LogP contribution in [-0.2, 0) is 0 Å². The maximum atomic E-state index is 5.29. The van der Waals surface area contributed by atoms with Crippen molar-refractivity contribution in [3.63, 3.8) is 0 Å². The molecule has 0 saturated heterocycles. The third kappa shape index (κ3) is 1.08. The molecule has 0 amide bonds. The van der Waals surface area contributed by atoms with Gasteiger partial charge >= 0.3 is 0 Å². The van der Waals surface area contributed by atoms with Crippen LogP contribution < -0.4 is 4.74 Å². The molecule has 0 unspecified atom stereocenters. The number of rotatable bonds is 1. The van der Waals surface area contributed by atoms with E-state index < -0.39 is 0 Å². The van der Waals surface area contributed by atoms with Gasteiger partial charge in [-0.2, -0.15) is 5.10 Å². The summed E-state index contributed by atoms with van der Waals surface area (Å²) in [5.41, 5.74) is 1.84. The van der Waals surface area contributed by atoms with Gasteiger partial charge in [-0.25, -0.2) is 0 Å². The zero-order valence-corrected chi connectivity index (χ0v) is 8.19. The van der Waals surface area contributed by atoms with E-state index >= 15 is 0 Å². The Balaban J connectivity index is 2.57. The average Bonchev–Trinajstić information content (AvgIpc) is 2.77. The second kappa shape index (κ2) is 2.95. The number of hydrogen-bond donors (Lipinski definition) is 1. The lowest BCUT2D eigenvalue weighted by molar-refractivity contribution is 0.419. The number of H-pyrrole nitrogens is 1. The quantitative estimate of drug-likeness (QED) is 0.653. The zero-order valence-electron chi connectivity index (χ0n) is 8.19. The van der Waals surface area contributed by atoms with Crippen LogP contribution in [0.3, 0.4) is 0 Å². The number of hydrogen-bond acceptors (Lipinski definition) is 3. The Kier molecular flexibility index (Phi) is 1.62. The molecule has 2 aromatic heterocycles. The van der Waals surface area contributed by atoms with E-state index in [-0.39, 0.29) is 0 Å². The Morgan fingerprint density at radius 3 is 3.20 bits per heavy atom. The van der Waals surface area contributed by atoms with Crippen LogP contribution in [0.2, 0.25) is 0 Å². The highest BCUT2D eigenvalue weighted by atomic mass is 16.5. The van der Waals surface area contributed by atoms with E-state index in [0.29, 0.717) is 0 Å². The molecule has 1 N–H and O–H groups in total. The lowest BCUT2D eigenvalue weighted by Crippen LogP contribution is -1.86. The van der Waals surface area contributed by atoms with Crippen LogP contribution >= 0.6 is 0 Å². The van der Waals surface area contributed by atoms with Crippen molar-refractivity contribution in [3.05, 3.63) is 30.6 Å². The molecule has 0 aliphatic rings. The molecule has 0 atom stereocenters. The van der Waals surface area contributed by atoms with Crippen LogP contribution in [0, 0.1) is 0 Å². The highest BCUT2D eigenvalue weighted by molar-refractivity contribution is 6.06. The van der Waals surface area contributed by atoms with Gasteiger partial charge in [-0.05, 0) is 12.1 Å². The van der Waals surface area contributed by atoms with Crippen LogP contribution in [0.4, 0.5) is 0 Å². The second-order valence-electron chi connectivity index (χ2n) is 3.31. The van der Waals surface area contributed by atoms with Gasteiger partial charge in [-0.1, -0.05) is 6.07 Å². The van der Waals surface area contributed by atoms with Crippen molar-refractivity contribution in [1.82, 2.24) is 15.2 Å². The average molecular weight is 199 g/mol. The molecule has 0 fully saturated rings. The van der Waals surface area contributed by atoms with E-state index in [0.717, 1.165) is 27.6 Å². The molecule has 74 valence electrons. The summed E-state index contributed by atoms with van der Waals surface area (Å²) < 4.78 is 5.29. The Morgan fingerprint density at radius 2 is 2.33 bits per heavy atom. The molecule has 0 aliphatic heterocycles. The molecule has 0 aliphatic carbocycles. The molecule has 0 saturated carbocycles. The minimum Gasteiger partial charge on any atom is -0.494 e. The summed E-state index contributed by atoms with van der Waals surface area (Å²) in [6, 6.07) is 5.88. The standard InChI is InChI=1S/C11H9N3O/c1-15-9-5-7-3-2-4-12-10(7)8-6-13-14-11(8)9/h2-6H,1H3,(H,13,14). The maximum Gasteiger partial charge on any atom is 0.145 e. The fourth-order valence-corrected chi connectivity index (χ4v) is 1.79. The van der Waals surface area contributed by atoms with Gasteiger partial charge in [0.25, 0.3) is 0 Å². The topological polar surface area (TPSA) is 50.8 Å². The number of pyridine rings is 1. The molecular weight excluding hydrogens is 190 g/mol. The number of aromatic amines is 1. The molecule has 3 rings (SSSR count). The van der Waals surface area contributed by atoms with Gasteiger partial charge in [0.2, 0.25) is 0 Å². The number of fused-ring (bicyclic) bond motifs is 3. The van der Waals surface area contributed by atoms with Gasteiger partial charge < -0.3 is 4.74 Å². The molecule has 1 aromatic carbocycles. The Bertz CT molecular complexity index is 630. The maximum absolute atomic E-state index is 5.29. The predicted octanol–water partition coefficient (Wildman–Crippen LogP) is 2.12. The first-order chi connectivity index (χ1) is 7.40. The van der Waals surface area contributed by atoms with Crippen LogP contribution in [0.15, 0.2) is 30.6 Å². The van der Waals surface area contributed by atoms with E-state index in [1.165, 1.54) is 0 Å². The molecule has 0 spiro atoms. The summed E-state index contributed by atoms with van der Waals surface area (Å²) in [5.74, 6) is 0.794. The molecule has 15 heavy (non-hydrogen) atoms. The van der Waals surface area contributed by atoms with Crippen molar-refractivity contribution in [1.29, 1.82) is 0 Å². The van der Waals surface area contributed by atoms with Gasteiger partial charge in [0.1, 0.15) is 11.3 Å². The van der Waals surface area contributed by atoms with E-state index in [9.17, 15) is 0 Å². The number of benzene rings is 1. The van der Waals surface area contributed by atoms with Crippen LogP contribution in [-0.4, -0.2) is 22.3 Å². The van der Waals surface area contributed by atoms with Crippen molar-refractivity contribution in [2.24, 2.45) is 0 Å². The molecule has 0 radical (unpaired) electrons. The van der Waals surface area contributed by atoms with Crippen LogP contribution in [0.1, 0.15) is 0 Å². The summed E-state index contributed by atoms with van der Waals surface area (Å²) in [6.45, 7) is 0. The van der Waals surface area contributed by atoms with Crippen molar-refractivity contribution in [2.45, 2.75) is 0 Å². The molecule has 4 nitrogen and oxygen atoms in total. The van der Waals surface area contributed by atoms with Gasteiger partial charge in [0, 0.05) is 17.0 Å². The van der Waals surface area contributed by atoms with E-state index in [1.807, 2.05) is 18.2 Å². The fourth-order valence-electron chi connectivity index (χ4n) is 1.79. The van der Waals surface area contributed by atoms with E-state index in [2.05, 4.69) is 15.2 Å². The highest BCUT2D eigenvalue weighted by Gasteiger charge is 2.08. The Morgan fingerprint density at radius 1 is 1.40 bits per heavy atom. The molecular formula is C11H9N3O. The smallest absolute Gasteiger partial charge is 0.145 e. The lowest BCUT2D eigenvalue weighted by Gasteiger charge is -2.03. The minimum atomic E-state index is 0.794. The van der Waals surface area contributed by atoms with Crippen molar-refractivity contribution < 1.29 is 4.74 Å². The van der Waals surface area contributed by atoms with Gasteiger partial charge in [0.15, 0.2) is 0 Å². The molecule has 0 bridgehead atoms. The first kappa shape index (κ1) is 8.23. The number of aromatic nitrogens is 3.